The summed E-state index contributed by atoms with van der Waals surface area (Å²) in [5.41, 5.74) is 0.663. The number of carboxylic acids is 1. The van der Waals surface area contributed by atoms with Gasteiger partial charge < -0.3 is 9.63 Å². The lowest BCUT2D eigenvalue weighted by molar-refractivity contribution is -0.137. The van der Waals surface area contributed by atoms with E-state index in [0.717, 1.165) is 0 Å². The van der Waals surface area contributed by atoms with Crippen molar-refractivity contribution in [3.63, 3.8) is 0 Å². The Balaban J connectivity index is 1.88. The van der Waals surface area contributed by atoms with E-state index >= 15 is 0 Å². The molecule has 2 aromatic rings. The molecule has 0 spiro atoms. The predicted molar refractivity (Wildman–Crippen MR) is 70.7 cm³/mol. The van der Waals surface area contributed by atoms with Crippen LogP contribution in [0.25, 0.3) is 11.5 Å². The number of nitrogens with zero attached hydrogens (tertiary/aromatic N) is 4. The van der Waals surface area contributed by atoms with E-state index in [1.165, 1.54) is 0 Å². The van der Waals surface area contributed by atoms with Gasteiger partial charge in [0.1, 0.15) is 5.69 Å². The van der Waals surface area contributed by atoms with Gasteiger partial charge >= 0.3 is 5.97 Å². The van der Waals surface area contributed by atoms with Crippen molar-refractivity contribution in [3.8, 4) is 11.5 Å². The van der Waals surface area contributed by atoms with Gasteiger partial charge in [0.05, 0.1) is 6.54 Å². The van der Waals surface area contributed by atoms with Crippen molar-refractivity contribution in [2.75, 3.05) is 13.6 Å². The van der Waals surface area contributed by atoms with Gasteiger partial charge in [-0.2, -0.15) is 4.98 Å². The third-order valence-electron chi connectivity index (χ3n) is 2.70. The Morgan fingerprint density at radius 3 is 3.00 bits per heavy atom. The zero-order chi connectivity index (χ0) is 14.4. The van der Waals surface area contributed by atoms with E-state index in [-0.39, 0.29) is 6.42 Å². The zero-order valence-electron chi connectivity index (χ0n) is 11.2. The van der Waals surface area contributed by atoms with Crippen LogP contribution in [0.3, 0.4) is 0 Å². The highest BCUT2D eigenvalue weighted by Gasteiger charge is 2.11. The van der Waals surface area contributed by atoms with E-state index in [2.05, 4.69) is 15.1 Å². The molecule has 0 aliphatic carbocycles. The predicted octanol–water partition coefficient (Wildman–Crippen LogP) is 1.43. The highest BCUT2D eigenvalue weighted by molar-refractivity contribution is 5.66. The fraction of sp³-hybridized carbons (Fsp3) is 0.385. The molecule has 0 unspecified atom stereocenters. The van der Waals surface area contributed by atoms with Crippen LogP contribution in [-0.4, -0.2) is 44.7 Å². The van der Waals surface area contributed by atoms with Gasteiger partial charge in [-0.15, -0.1) is 0 Å². The molecule has 0 aliphatic heterocycles. The Morgan fingerprint density at radius 1 is 1.45 bits per heavy atom. The standard InChI is InChI=1S/C13H16N4O3/c1-17(8-4-6-12(18)19)9-11-15-13(16-20-11)10-5-2-3-7-14-10/h2-3,5,7H,4,6,8-9H2,1H3,(H,18,19). The van der Waals surface area contributed by atoms with Crippen molar-refractivity contribution in [1.82, 2.24) is 20.0 Å². The molecule has 106 valence electrons. The van der Waals surface area contributed by atoms with Crippen molar-refractivity contribution in [3.05, 3.63) is 30.3 Å². The summed E-state index contributed by atoms with van der Waals surface area (Å²) >= 11 is 0. The minimum Gasteiger partial charge on any atom is -0.481 e. The number of aromatic nitrogens is 3. The van der Waals surface area contributed by atoms with Crippen LogP contribution < -0.4 is 0 Å². The van der Waals surface area contributed by atoms with Crippen molar-refractivity contribution >= 4 is 5.97 Å². The molecule has 0 radical (unpaired) electrons. The first-order valence-electron chi connectivity index (χ1n) is 6.29. The highest BCUT2D eigenvalue weighted by atomic mass is 16.5. The van der Waals surface area contributed by atoms with Crippen LogP contribution in [0.1, 0.15) is 18.7 Å². The molecular formula is C13H16N4O3. The lowest BCUT2D eigenvalue weighted by Crippen LogP contribution is -2.20. The summed E-state index contributed by atoms with van der Waals surface area (Å²) in [6.45, 7) is 1.15. The Morgan fingerprint density at radius 2 is 2.30 bits per heavy atom. The van der Waals surface area contributed by atoms with E-state index < -0.39 is 5.97 Å². The van der Waals surface area contributed by atoms with Crippen LogP contribution >= 0.6 is 0 Å². The second-order valence-electron chi connectivity index (χ2n) is 4.46. The average molecular weight is 276 g/mol. The first-order valence-corrected chi connectivity index (χ1v) is 6.29. The maximum absolute atomic E-state index is 10.4. The van der Waals surface area contributed by atoms with Gasteiger partial charge in [0.15, 0.2) is 0 Å². The van der Waals surface area contributed by atoms with Crippen LogP contribution in [-0.2, 0) is 11.3 Å². The molecule has 7 nitrogen and oxygen atoms in total. The van der Waals surface area contributed by atoms with E-state index in [1.54, 1.807) is 6.20 Å². The average Bonchev–Trinajstić information content (AvgIpc) is 2.88. The monoisotopic (exact) mass is 276 g/mol. The number of pyridine rings is 1. The van der Waals surface area contributed by atoms with E-state index in [0.29, 0.717) is 36.9 Å². The van der Waals surface area contributed by atoms with E-state index in [9.17, 15) is 4.79 Å². The molecule has 0 atom stereocenters. The summed E-state index contributed by atoms with van der Waals surface area (Å²) in [4.78, 5) is 20.8. The summed E-state index contributed by atoms with van der Waals surface area (Å²) in [5, 5.41) is 12.5. The normalized spacial score (nSPS) is 10.9. The highest BCUT2D eigenvalue weighted by Crippen LogP contribution is 2.12. The van der Waals surface area contributed by atoms with Crippen LogP contribution in [0.5, 0.6) is 0 Å². The van der Waals surface area contributed by atoms with Crippen LogP contribution in [0.4, 0.5) is 0 Å². The Kier molecular flexibility index (Phi) is 4.78. The summed E-state index contributed by atoms with van der Waals surface area (Å²) < 4.78 is 5.16. The quantitative estimate of drug-likeness (QED) is 0.817. The topological polar surface area (TPSA) is 92.4 Å². The first-order chi connectivity index (χ1) is 9.65. The van der Waals surface area contributed by atoms with Crippen molar-refractivity contribution < 1.29 is 14.4 Å². The van der Waals surface area contributed by atoms with Crippen LogP contribution in [0.15, 0.2) is 28.9 Å². The molecule has 2 aromatic heterocycles. The minimum absolute atomic E-state index is 0.160. The number of hydrogen-bond donors (Lipinski definition) is 1. The maximum atomic E-state index is 10.4. The SMILES string of the molecule is CN(CCCC(=O)O)Cc1nc(-c2ccccn2)no1. The Bertz CT molecular complexity index is 556. The lowest BCUT2D eigenvalue weighted by Gasteiger charge is -2.12. The van der Waals surface area contributed by atoms with Gasteiger partial charge in [0.25, 0.3) is 0 Å². The number of carboxylic acid groups (broad SMARTS) is 1. The second-order valence-corrected chi connectivity index (χ2v) is 4.46. The first kappa shape index (κ1) is 14.1. The summed E-state index contributed by atoms with van der Waals surface area (Å²) in [6.07, 6.45) is 2.42. The molecule has 0 aliphatic rings. The molecule has 20 heavy (non-hydrogen) atoms. The second kappa shape index (κ2) is 6.76. The van der Waals surface area contributed by atoms with Crippen molar-refractivity contribution in [1.29, 1.82) is 0 Å². The molecule has 7 heteroatoms. The maximum Gasteiger partial charge on any atom is 0.303 e. The minimum atomic E-state index is -0.784. The van der Waals surface area contributed by atoms with E-state index in [1.807, 2.05) is 30.1 Å². The van der Waals surface area contributed by atoms with Gasteiger partial charge in [0, 0.05) is 12.6 Å². The largest absolute Gasteiger partial charge is 0.481 e. The molecule has 2 rings (SSSR count). The fourth-order valence-corrected chi connectivity index (χ4v) is 1.73. The zero-order valence-corrected chi connectivity index (χ0v) is 11.2. The number of hydrogen-bond acceptors (Lipinski definition) is 6. The molecule has 0 saturated carbocycles. The molecule has 0 aromatic carbocycles. The van der Waals surface area contributed by atoms with Crippen molar-refractivity contribution in [2.45, 2.75) is 19.4 Å². The number of aliphatic carboxylic acids is 1. The summed E-state index contributed by atoms with van der Waals surface area (Å²) in [5.74, 6) is 0.164. The van der Waals surface area contributed by atoms with Gasteiger partial charge in [-0.1, -0.05) is 11.2 Å². The van der Waals surface area contributed by atoms with Crippen LogP contribution in [0.2, 0.25) is 0 Å². The van der Waals surface area contributed by atoms with Crippen LogP contribution in [0, 0.1) is 0 Å². The number of carbonyl (C=O) groups is 1. The van der Waals surface area contributed by atoms with E-state index in [4.69, 9.17) is 9.63 Å². The van der Waals surface area contributed by atoms with Gasteiger partial charge in [-0.3, -0.25) is 14.7 Å². The summed E-state index contributed by atoms with van der Waals surface area (Å²) in [6, 6.07) is 5.49. The Hall–Kier alpha value is -2.28. The van der Waals surface area contributed by atoms with Crippen molar-refractivity contribution in [2.24, 2.45) is 0 Å². The molecule has 0 saturated heterocycles. The molecular weight excluding hydrogens is 260 g/mol. The molecule has 0 bridgehead atoms. The molecule has 1 N–H and O–H groups in total. The lowest BCUT2D eigenvalue weighted by atomic mass is 10.3. The third kappa shape index (κ3) is 4.13. The third-order valence-corrected chi connectivity index (χ3v) is 2.70. The molecule has 0 amide bonds. The fourth-order valence-electron chi connectivity index (χ4n) is 1.73. The summed E-state index contributed by atoms with van der Waals surface area (Å²) in [7, 11) is 1.88. The van der Waals surface area contributed by atoms with Gasteiger partial charge in [-0.05, 0) is 32.1 Å². The molecule has 0 fully saturated rings. The molecule has 2 heterocycles. The van der Waals surface area contributed by atoms with Gasteiger partial charge in [0.2, 0.25) is 11.7 Å². The number of rotatable bonds is 7. The van der Waals surface area contributed by atoms with Gasteiger partial charge in [-0.25, -0.2) is 0 Å². The Labute approximate surface area is 116 Å². The smallest absolute Gasteiger partial charge is 0.303 e.